The van der Waals surface area contributed by atoms with Crippen LogP contribution in [0.15, 0.2) is 42.5 Å². The zero-order valence-corrected chi connectivity index (χ0v) is 15.4. The minimum absolute atomic E-state index is 0.0270. The van der Waals surface area contributed by atoms with Gasteiger partial charge in [0, 0.05) is 37.3 Å². The Bertz CT molecular complexity index is 789. The topological polar surface area (TPSA) is 62.3 Å². The molecule has 0 saturated carbocycles. The van der Waals surface area contributed by atoms with E-state index < -0.39 is 0 Å². The number of pyridine rings is 1. The number of hydrogen-bond donors (Lipinski definition) is 1. The molecule has 1 aliphatic heterocycles. The van der Waals surface area contributed by atoms with E-state index in [0.717, 1.165) is 36.3 Å². The van der Waals surface area contributed by atoms with Crippen molar-refractivity contribution in [1.82, 2.24) is 15.2 Å². The number of aryl methyl sites for hydroxylation is 1. The van der Waals surface area contributed by atoms with Crippen molar-refractivity contribution >= 4 is 11.8 Å². The minimum Gasteiger partial charge on any atom is -0.347 e. The van der Waals surface area contributed by atoms with Gasteiger partial charge in [0.15, 0.2) is 0 Å². The molecule has 0 bridgehead atoms. The average Bonchev–Trinajstić information content (AvgIpc) is 2.66. The van der Waals surface area contributed by atoms with Crippen LogP contribution in [0.4, 0.5) is 0 Å². The van der Waals surface area contributed by atoms with Crippen LogP contribution < -0.4 is 5.32 Å². The lowest BCUT2D eigenvalue weighted by molar-refractivity contribution is -0.133. The molecule has 1 aromatic carbocycles. The third-order valence-electron chi connectivity index (χ3n) is 4.76. The number of rotatable bonds is 4. The molecule has 0 spiro atoms. The van der Waals surface area contributed by atoms with Gasteiger partial charge in [0.2, 0.25) is 11.8 Å². The third kappa shape index (κ3) is 4.48. The Morgan fingerprint density at radius 1 is 1.19 bits per heavy atom. The van der Waals surface area contributed by atoms with E-state index in [1.54, 1.807) is 0 Å². The van der Waals surface area contributed by atoms with Gasteiger partial charge in [-0.1, -0.05) is 30.3 Å². The summed E-state index contributed by atoms with van der Waals surface area (Å²) in [5.41, 5.74) is 4.37. The molecule has 3 rings (SSSR count). The summed E-state index contributed by atoms with van der Waals surface area (Å²) in [6.07, 6.45) is 1.97. The first-order chi connectivity index (χ1) is 12.5. The lowest BCUT2D eigenvalue weighted by Crippen LogP contribution is -2.44. The van der Waals surface area contributed by atoms with Crippen molar-refractivity contribution in [3.63, 3.8) is 0 Å². The van der Waals surface area contributed by atoms with Gasteiger partial charge in [0.25, 0.3) is 0 Å². The molecular formula is C21H25N3O2. The predicted octanol–water partition coefficient (Wildman–Crippen LogP) is 2.90. The van der Waals surface area contributed by atoms with Gasteiger partial charge in [-0.05, 0) is 43.0 Å². The summed E-state index contributed by atoms with van der Waals surface area (Å²) < 4.78 is 0. The molecule has 1 saturated heterocycles. The van der Waals surface area contributed by atoms with E-state index in [1.165, 1.54) is 12.5 Å². The summed E-state index contributed by atoms with van der Waals surface area (Å²) >= 11 is 0. The average molecular weight is 351 g/mol. The van der Waals surface area contributed by atoms with Gasteiger partial charge in [0.1, 0.15) is 0 Å². The Kier molecular flexibility index (Phi) is 5.66. The lowest BCUT2D eigenvalue weighted by Gasteiger charge is -2.33. The number of carbonyl (C=O) groups is 2. The van der Waals surface area contributed by atoms with E-state index >= 15 is 0 Å². The second-order valence-electron chi connectivity index (χ2n) is 6.88. The molecule has 5 heteroatoms. The molecule has 136 valence electrons. The summed E-state index contributed by atoms with van der Waals surface area (Å²) in [6.45, 7) is 4.90. The minimum atomic E-state index is -0.181. The highest BCUT2D eigenvalue weighted by Gasteiger charge is 2.26. The molecule has 1 atom stereocenters. The Hall–Kier alpha value is -2.69. The quantitative estimate of drug-likeness (QED) is 0.921. The molecule has 1 N–H and O–H groups in total. The van der Waals surface area contributed by atoms with Crippen LogP contribution >= 0.6 is 0 Å². The highest BCUT2D eigenvalue weighted by atomic mass is 16.2. The van der Waals surface area contributed by atoms with Crippen molar-refractivity contribution < 1.29 is 9.59 Å². The summed E-state index contributed by atoms with van der Waals surface area (Å²) in [7, 11) is 0. The number of aromatic nitrogens is 1. The Morgan fingerprint density at radius 3 is 2.69 bits per heavy atom. The van der Waals surface area contributed by atoms with Crippen molar-refractivity contribution in [3.8, 4) is 11.1 Å². The molecule has 5 nitrogen and oxygen atoms in total. The molecule has 0 radical (unpaired) electrons. The van der Waals surface area contributed by atoms with E-state index in [2.05, 4.69) is 29.6 Å². The molecule has 0 aliphatic carbocycles. The molecule has 2 heterocycles. The van der Waals surface area contributed by atoms with Crippen LogP contribution in [-0.2, 0) is 9.59 Å². The molecule has 0 unspecified atom stereocenters. The highest BCUT2D eigenvalue weighted by molar-refractivity contribution is 5.83. The maximum Gasteiger partial charge on any atom is 0.241 e. The second kappa shape index (κ2) is 8.13. The first-order valence-corrected chi connectivity index (χ1v) is 9.09. The van der Waals surface area contributed by atoms with Crippen molar-refractivity contribution in [2.75, 3.05) is 19.6 Å². The van der Waals surface area contributed by atoms with E-state index in [0.29, 0.717) is 6.54 Å². The van der Waals surface area contributed by atoms with Gasteiger partial charge in [-0.2, -0.15) is 0 Å². The fraction of sp³-hybridized carbons (Fsp3) is 0.381. The SMILES string of the molecule is CC(=O)NCC(=O)N1CCC[C@H](c2cc(-c3ccccc3)cc(C)n2)C1. The predicted molar refractivity (Wildman–Crippen MR) is 102 cm³/mol. The molecular weight excluding hydrogens is 326 g/mol. The summed E-state index contributed by atoms with van der Waals surface area (Å²) in [5, 5.41) is 2.59. The Balaban J connectivity index is 1.77. The number of piperidine rings is 1. The zero-order chi connectivity index (χ0) is 18.5. The Morgan fingerprint density at radius 2 is 1.96 bits per heavy atom. The smallest absolute Gasteiger partial charge is 0.241 e. The largest absolute Gasteiger partial charge is 0.347 e. The number of hydrogen-bond acceptors (Lipinski definition) is 3. The van der Waals surface area contributed by atoms with Crippen LogP contribution in [0.5, 0.6) is 0 Å². The monoisotopic (exact) mass is 351 g/mol. The van der Waals surface area contributed by atoms with Crippen LogP contribution in [0.1, 0.15) is 37.1 Å². The first-order valence-electron chi connectivity index (χ1n) is 9.09. The number of nitrogens with zero attached hydrogens (tertiary/aromatic N) is 2. The van der Waals surface area contributed by atoms with Gasteiger partial charge in [0.05, 0.1) is 6.54 Å². The van der Waals surface area contributed by atoms with E-state index in [-0.39, 0.29) is 24.3 Å². The maximum absolute atomic E-state index is 12.3. The van der Waals surface area contributed by atoms with Gasteiger partial charge in [-0.15, -0.1) is 0 Å². The van der Waals surface area contributed by atoms with Gasteiger partial charge < -0.3 is 10.2 Å². The van der Waals surface area contributed by atoms with Gasteiger partial charge in [-0.3, -0.25) is 14.6 Å². The van der Waals surface area contributed by atoms with Crippen LogP contribution in [0, 0.1) is 6.92 Å². The normalized spacial score (nSPS) is 17.0. The number of nitrogens with one attached hydrogen (secondary N) is 1. The first kappa shape index (κ1) is 18.1. The summed E-state index contributed by atoms with van der Waals surface area (Å²) in [5.74, 6) is 0.0213. The molecule has 1 aliphatic rings. The lowest BCUT2D eigenvalue weighted by atomic mass is 9.92. The van der Waals surface area contributed by atoms with Crippen molar-refractivity contribution in [2.24, 2.45) is 0 Å². The standard InChI is InChI=1S/C21H25N3O2/c1-15-11-19(17-7-4-3-5-8-17)12-20(23-15)18-9-6-10-24(14-18)21(26)13-22-16(2)25/h3-5,7-8,11-12,18H,6,9-10,13-14H2,1-2H3,(H,22,25)/t18-/m0/s1. The molecule has 1 aromatic heterocycles. The molecule has 2 amide bonds. The zero-order valence-electron chi connectivity index (χ0n) is 15.4. The van der Waals surface area contributed by atoms with Crippen molar-refractivity contribution in [1.29, 1.82) is 0 Å². The number of benzene rings is 1. The highest BCUT2D eigenvalue weighted by Crippen LogP contribution is 2.29. The number of amides is 2. The van der Waals surface area contributed by atoms with Crippen LogP contribution in [0.2, 0.25) is 0 Å². The fourth-order valence-corrected chi connectivity index (χ4v) is 3.46. The summed E-state index contributed by atoms with van der Waals surface area (Å²) in [4.78, 5) is 29.9. The van der Waals surface area contributed by atoms with Crippen LogP contribution in [0.3, 0.4) is 0 Å². The molecule has 1 fully saturated rings. The number of carbonyl (C=O) groups excluding carboxylic acids is 2. The second-order valence-corrected chi connectivity index (χ2v) is 6.88. The van der Waals surface area contributed by atoms with Gasteiger partial charge >= 0.3 is 0 Å². The van der Waals surface area contributed by atoms with E-state index in [1.807, 2.05) is 30.0 Å². The van der Waals surface area contributed by atoms with Crippen LogP contribution in [-0.4, -0.2) is 41.3 Å². The fourth-order valence-electron chi connectivity index (χ4n) is 3.46. The van der Waals surface area contributed by atoms with Crippen molar-refractivity contribution in [3.05, 3.63) is 53.9 Å². The van der Waals surface area contributed by atoms with E-state index in [4.69, 9.17) is 4.98 Å². The van der Waals surface area contributed by atoms with Crippen LogP contribution in [0.25, 0.3) is 11.1 Å². The maximum atomic E-state index is 12.3. The molecule has 26 heavy (non-hydrogen) atoms. The number of likely N-dealkylation sites (tertiary alicyclic amines) is 1. The summed E-state index contributed by atoms with van der Waals surface area (Å²) in [6, 6.07) is 14.5. The van der Waals surface area contributed by atoms with Crippen molar-refractivity contribution in [2.45, 2.75) is 32.6 Å². The Labute approximate surface area is 154 Å². The van der Waals surface area contributed by atoms with E-state index in [9.17, 15) is 9.59 Å². The van der Waals surface area contributed by atoms with Gasteiger partial charge in [-0.25, -0.2) is 0 Å². The third-order valence-corrected chi connectivity index (χ3v) is 4.76. The molecule has 2 aromatic rings.